The van der Waals surface area contributed by atoms with Crippen LogP contribution in [0.15, 0.2) is 83.5 Å². The standard InChI is InChI=1S/C20H23N3O4S.C6H5Cl/c1-12-15(17(24)26-3)16(23-19-21-10-11-28-19)20(13(2)22-12,18(25)27-4)14-8-6-5-7-9-14;7-6-4-2-1-3-5-6/h5-11,13,16,22H,1-4H3,(H,21,23);1-5H. The van der Waals surface area contributed by atoms with E-state index in [2.05, 4.69) is 15.6 Å². The zero-order valence-electron chi connectivity index (χ0n) is 19.9. The summed E-state index contributed by atoms with van der Waals surface area (Å²) in [5.41, 5.74) is 0.490. The van der Waals surface area contributed by atoms with Crippen molar-refractivity contribution in [2.45, 2.75) is 31.3 Å². The molecule has 2 N–H and O–H groups in total. The number of nitrogens with zero attached hydrogens (tertiary/aromatic N) is 1. The molecule has 7 nitrogen and oxygen atoms in total. The molecule has 0 aliphatic carbocycles. The summed E-state index contributed by atoms with van der Waals surface area (Å²) in [7, 11) is 2.67. The third kappa shape index (κ3) is 5.49. The number of carbonyl (C=O) groups is 2. The molecule has 2 heterocycles. The van der Waals surface area contributed by atoms with Gasteiger partial charge >= 0.3 is 11.9 Å². The fourth-order valence-corrected chi connectivity index (χ4v) is 5.03. The number of benzene rings is 2. The highest BCUT2D eigenvalue weighted by Crippen LogP contribution is 2.42. The van der Waals surface area contributed by atoms with Crippen LogP contribution in [-0.4, -0.2) is 43.2 Å². The van der Waals surface area contributed by atoms with Gasteiger partial charge in [0.25, 0.3) is 0 Å². The van der Waals surface area contributed by atoms with Crippen LogP contribution in [0.1, 0.15) is 19.4 Å². The summed E-state index contributed by atoms with van der Waals surface area (Å²) in [4.78, 5) is 30.3. The van der Waals surface area contributed by atoms with Crippen LogP contribution in [0.4, 0.5) is 5.13 Å². The van der Waals surface area contributed by atoms with Gasteiger partial charge in [0.05, 0.1) is 25.8 Å². The lowest BCUT2D eigenvalue weighted by Gasteiger charge is -2.47. The first-order valence-electron chi connectivity index (χ1n) is 10.9. The predicted octanol–water partition coefficient (Wildman–Crippen LogP) is 4.81. The number of ether oxygens (including phenoxy) is 2. The van der Waals surface area contributed by atoms with Gasteiger partial charge in [0.15, 0.2) is 5.13 Å². The third-order valence-electron chi connectivity index (χ3n) is 5.88. The van der Waals surface area contributed by atoms with Crippen molar-refractivity contribution < 1.29 is 19.1 Å². The van der Waals surface area contributed by atoms with Crippen LogP contribution < -0.4 is 10.6 Å². The monoisotopic (exact) mass is 513 g/mol. The number of halogens is 1. The quantitative estimate of drug-likeness (QED) is 0.473. The van der Waals surface area contributed by atoms with Crippen molar-refractivity contribution >= 4 is 40.0 Å². The van der Waals surface area contributed by atoms with Crippen LogP contribution in [0.3, 0.4) is 0 Å². The molecular formula is C26H28ClN3O4S. The molecule has 3 unspecified atom stereocenters. The molecule has 1 aliphatic rings. The minimum absolute atomic E-state index is 0.338. The van der Waals surface area contributed by atoms with Crippen LogP contribution in [0.2, 0.25) is 5.02 Å². The van der Waals surface area contributed by atoms with Crippen LogP contribution in [0.5, 0.6) is 0 Å². The van der Waals surface area contributed by atoms with Crippen molar-refractivity contribution in [3.63, 3.8) is 0 Å². The van der Waals surface area contributed by atoms with Crippen molar-refractivity contribution in [1.29, 1.82) is 0 Å². The molecule has 3 atom stereocenters. The van der Waals surface area contributed by atoms with E-state index < -0.39 is 23.4 Å². The molecule has 0 radical (unpaired) electrons. The van der Waals surface area contributed by atoms with Gasteiger partial charge in [-0.1, -0.05) is 60.1 Å². The van der Waals surface area contributed by atoms with Gasteiger partial charge in [-0.3, -0.25) is 4.79 Å². The lowest BCUT2D eigenvalue weighted by atomic mass is 9.64. The van der Waals surface area contributed by atoms with E-state index in [0.717, 1.165) is 10.6 Å². The first-order chi connectivity index (χ1) is 16.9. The number of aromatic nitrogens is 1. The van der Waals surface area contributed by atoms with Gasteiger partial charge in [0.2, 0.25) is 0 Å². The second kappa shape index (κ2) is 11.9. The van der Waals surface area contributed by atoms with Gasteiger partial charge in [0.1, 0.15) is 5.41 Å². The van der Waals surface area contributed by atoms with Gasteiger partial charge in [-0.25, -0.2) is 9.78 Å². The smallest absolute Gasteiger partial charge is 0.337 e. The van der Waals surface area contributed by atoms with Crippen LogP contribution in [-0.2, 0) is 24.5 Å². The van der Waals surface area contributed by atoms with E-state index in [1.54, 1.807) is 13.1 Å². The summed E-state index contributed by atoms with van der Waals surface area (Å²) in [6.45, 7) is 3.70. The summed E-state index contributed by atoms with van der Waals surface area (Å²) in [5.74, 6) is -0.975. The lowest BCUT2D eigenvalue weighted by Crippen LogP contribution is -2.65. The number of nitrogens with one attached hydrogen (secondary N) is 2. The summed E-state index contributed by atoms with van der Waals surface area (Å²) >= 11 is 6.93. The molecular weight excluding hydrogens is 486 g/mol. The van der Waals surface area contributed by atoms with Crippen molar-refractivity contribution in [3.05, 3.63) is 94.1 Å². The third-order valence-corrected chi connectivity index (χ3v) is 6.83. The Bertz CT molecular complexity index is 1160. The second-order valence-corrected chi connectivity index (χ2v) is 9.16. The first kappa shape index (κ1) is 26.2. The summed E-state index contributed by atoms with van der Waals surface area (Å²) in [6.07, 6.45) is 1.66. The molecule has 35 heavy (non-hydrogen) atoms. The van der Waals surface area contributed by atoms with E-state index in [1.807, 2.05) is 73.0 Å². The average molecular weight is 514 g/mol. The molecule has 2 aromatic carbocycles. The summed E-state index contributed by atoms with van der Waals surface area (Å²) < 4.78 is 10.3. The van der Waals surface area contributed by atoms with E-state index in [9.17, 15) is 9.59 Å². The van der Waals surface area contributed by atoms with Gasteiger partial charge in [-0.2, -0.15) is 0 Å². The van der Waals surface area contributed by atoms with Gasteiger partial charge in [-0.05, 0) is 31.5 Å². The van der Waals surface area contributed by atoms with Crippen molar-refractivity contribution in [3.8, 4) is 0 Å². The zero-order chi connectivity index (χ0) is 25.4. The second-order valence-electron chi connectivity index (χ2n) is 7.83. The van der Waals surface area contributed by atoms with Gasteiger partial charge in [0, 0.05) is 28.3 Å². The number of hydrogen-bond acceptors (Lipinski definition) is 8. The summed E-state index contributed by atoms with van der Waals surface area (Å²) in [5, 5.41) is 9.79. The van der Waals surface area contributed by atoms with Crippen molar-refractivity contribution in [2.24, 2.45) is 0 Å². The van der Waals surface area contributed by atoms with E-state index in [-0.39, 0.29) is 6.04 Å². The number of esters is 2. The molecule has 9 heteroatoms. The SMILES string of the molecule is COC(=O)C1=C(C)NC(C)C(C(=O)OC)(c2ccccc2)C1Nc1nccs1.Clc1ccccc1. The Labute approximate surface area is 214 Å². The molecule has 3 aromatic rings. The highest BCUT2D eigenvalue weighted by Gasteiger charge is 2.58. The zero-order valence-corrected chi connectivity index (χ0v) is 21.5. The maximum Gasteiger partial charge on any atom is 0.337 e. The minimum Gasteiger partial charge on any atom is -0.468 e. The van der Waals surface area contributed by atoms with E-state index in [0.29, 0.717) is 16.4 Å². The minimum atomic E-state index is -1.22. The largest absolute Gasteiger partial charge is 0.468 e. The molecule has 1 aliphatic heterocycles. The number of allylic oxidation sites excluding steroid dienone is 1. The van der Waals surface area contributed by atoms with E-state index in [1.165, 1.54) is 25.6 Å². The Morgan fingerprint density at radius 2 is 1.69 bits per heavy atom. The van der Waals surface area contributed by atoms with E-state index >= 15 is 0 Å². The average Bonchev–Trinajstić information content (AvgIpc) is 3.38. The lowest BCUT2D eigenvalue weighted by molar-refractivity contribution is -0.149. The number of carbonyl (C=O) groups excluding carboxylic acids is 2. The molecule has 0 amide bonds. The normalized spacial score (nSPS) is 21.2. The Morgan fingerprint density at radius 3 is 2.17 bits per heavy atom. The molecule has 0 spiro atoms. The number of anilines is 1. The Kier molecular flexibility index (Phi) is 8.89. The molecule has 1 aromatic heterocycles. The molecule has 0 saturated heterocycles. The fourth-order valence-electron chi connectivity index (χ4n) is 4.32. The topological polar surface area (TPSA) is 89.5 Å². The van der Waals surface area contributed by atoms with Crippen LogP contribution >= 0.6 is 22.9 Å². The maximum atomic E-state index is 13.3. The highest BCUT2D eigenvalue weighted by atomic mass is 35.5. The molecule has 0 bridgehead atoms. The number of thiazole rings is 1. The van der Waals surface area contributed by atoms with Gasteiger partial charge < -0.3 is 20.1 Å². The number of methoxy groups -OCH3 is 2. The van der Waals surface area contributed by atoms with E-state index in [4.69, 9.17) is 21.1 Å². The van der Waals surface area contributed by atoms with Gasteiger partial charge in [-0.15, -0.1) is 11.3 Å². The molecule has 0 saturated carbocycles. The molecule has 4 rings (SSSR count). The Hall–Kier alpha value is -3.36. The fraction of sp³-hybridized carbons (Fsp3) is 0.269. The molecule has 184 valence electrons. The number of rotatable bonds is 5. The van der Waals surface area contributed by atoms with Crippen molar-refractivity contribution in [2.75, 3.05) is 19.5 Å². The maximum absolute atomic E-state index is 13.3. The Morgan fingerprint density at radius 1 is 1.06 bits per heavy atom. The summed E-state index contributed by atoms with van der Waals surface area (Å²) in [6, 6.07) is 17.7. The Balaban J connectivity index is 0.000000420. The predicted molar refractivity (Wildman–Crippen MR) is 138 cm³/mol. The number of hydrogen-bond donors (Lipinski definition) is 2. The highest BCUT2D eigenvalue weighted by molar-refractivity contribution is 7.13. The van der Waals surface area contributed by atoms with Crippen LogP contribution in [0.25, 0.3) is 0 Å². The van der Waals surface area contributed by atoms with Crippen LogP contribution in [0, 0.1) is 0 Å². The molecule has 0 fully saturated rings. The van der Waals surface area contributed by atoms with Crippen molar-refractivity contribution in [1.82, 2.24) is 10.3 Å². The first-order valence-corrected chi connectivity index (χ1v) is 12.2.